The number of H-pyrrole nitrogens is 1. The van der Waals surface area contributed by atoms with Crippen molar-refractivity contribution in [2.75, 3.05) is 6.61 Å². The Bertz CT molecular complexity index is 905. The predicted octanol–water partition coefficient (Wildman–Crippen LogP) is 2.11. The summed E-state index contributed by atoms with van der Waals surface area (Å²) in [4.78, 5) is 7.77. The summed E-state index contributed by atoms with van der Waals surface area (Å²) in [7, 11) is 0. The number of quaternary nitrogens is 2. The van der Waals surface area contributed by atoms with Gasteiger partial charge in [-0.15, -0.1) is 0 Å². The number of phenolic OH excluding ortho intramolecular Hbond substituents is 1. The summed E-state index contributed by atoms with van der Waals surface area (Å²) in [6, 6.07) is 9.05. The number of ether oxygens (including phenoxy) is 1. The van der Waals surface area contributed by atoms with Crippen molar-refractivity contribution in [1.29, 1.82) is 0 Å². The van der Waals surface area contributed by atoms with Gasteiger partial charge in [-0.25, -0.2) is 4.98 Å². The normalized spacial score (nSPS) is 11.6. The van der Waals surface area contributed by atoms with Crippen molar-refractivity contribution in [1.82, 2.24) is 9.97 Å². The summed E-state index contributed by atoms with van der Waals surface area (Å²) in [5.74, 6) is 1.44. The van der Waals surface area contributed by atoms with Crippen LogP contribution in [0.3, 0.4) is 0 Å². The van der Waals surface area contributed by atoms with Crippen molar-refractivity contribution in [2.24, 2.45) is 5.92 Å². The maximum atomic E-state index is 10.5. The number of fused-ring (bicyclic) bond motifs is 1. The maximum absolute atomic E-state index is 10.5. The molecule has 1 aromatic heterocycles. The number of para-hydroxylation sites is 1. The van der Waals surface area contributed by atoms with Crippen LogP contribution in [0.25, 0.3) is 22.4 Å². The molecule has 1 heterocycles. The molecule has 0 aliphatic heterocycles. The van der Waals surface area contributed by atoms with Gasteiger partial charge in [0.1, 0.15) is 5.82 Å². The van der Waals surface area contributed by atoms with Gasteiger partial charge in [-0.3, -0.25) is 0 Å². The van der Waals surface area contributed by atoms with Crippen molar-refractivity contribution in [2.45, 2.75) is 20.0 Å². The molecule has 0 fully saturated rings. The molecule has 7 heteroatoms. The van der Waals surface area contributed by atoms with E-state index in [4.69, 9.17) is 16.3 Å². The topological polar surface area (TPSA) is 113 Å². The van der Waals surface area contributed by atoms with Crippen LogP contribution >= 0.6 is 11.6 Å². The molecule has 0 aliphatic carbocycles. The largest absolute Gasteiger partial charge is 0.504 e. The van der Waals surface area contributed by atoms with Crippen LogP contribution in [0.1, 0.15) is 25.6 Å². The molecule has 25 heavy (non-hydrogen) atoms. The molecule has 3 rings (SSSR count). The van der Waals surface area contributed by atoms with Crippen LogP contribution in [0, 0.1) is 5.92 Å². The number of nitrogens with zero attached hydrogens (tertiary/aromatic N) is 1. The highest BCUT2D eigenvalue weighted by atomic mass is 35.5. The van der Waals surface area contributed by atoms with Crippen LogP contribution in [0.15, 0.2) is 30.3 Å². The van der Waals surface area contributed by atoms with Crippen molar-refractivity contribution in [3.8, 4) is 22.9 Å². The van der Waals surface area contributed by atoms with Gasteiger partial charge in [0.15, 0.2) is 11.5 Å². The van der Waals surface area contributed by atoms with E-state index in [1.54, 1.807) is 18.2 Å². The van der Waals surface area contributed by atoms with Crippen LogP contribution < -0.4 is 16.2 Å². The molecule has 8 N–H and O–H groups in total. The lowest BCUT2D eigenvalue weighted by atomic mass is 10.1. The summed E-state index contributed by atoms with van der Waals surface area (Å²) in [6.45, 7) is 4.64. The second-order valence-corrected chi connectivity index (χ2v) is 6.94. The van der Waals surface area contributed by atoms with E-state index in [9.17, 15) is 5.11 Å². The number of hydrogen-bond acceptors (Lipinski definition) is 3. The van der Waals surface area contributed by atoms with Gasteiger partial charge in [-0.1, -0.05) is 31.5 Å². The molecular weight excluding hydrogens is 340 g/mol. The molecule has 0 saturated heterocycles. The average molecular weight is 363 g/mol. The molecule has 0 amide bonds. The maximum Gasteiger partial charge on any atom is 0.235 e. The lowest BCUT2D eigenvalue weighted by molar-refractivity contribution is -0.668. The van der Waals surface area contributed by atoms with Crippen LogP contribution in [-0.4, -0.2) is 21.7 Å². The lowest BCUT2D eigenvalue weighted by Crippen LogP contribution is -2.76. The number of halogens is 1. The zero-order valence-corrected chi connectivity index (χ0v) is 15.1. The van der Waals surface area contributed by atoms with Gasteiger partial charge in [0, 0.05) is 0 Å². The van der Waals surface area contributed by atoms with E-state index < -0.39 is 0 Å². The Morgan fingerprint density at radius 3 is 2.72 bits per heavy atom. The number of benzene rings is 2. The first-order valence-electron chi connectivity index (χ1n) is 8.17. The molecule has 0 radical (unpaired) electrons. The highest BCUT2D eigenvalue weighted by Crippen LogP contribution is 2.37. The molecule has 0 aliphatic rings. The van der Waals surface area contributed by atoms with Crippen molar-refractivity contribution in [3.05, 3.63) is 40.9 Å². The Hall–Kier alpha value is -2.28. The van der Waals surface area contributed by atoms with E-state index >= 15 is 0 Å². The zero-order chi connectivity index (χ0) is 18.1. The third kappa shape index (κ3) is 3.56. The Morgan fingerprint density at radius 1 is 1.28 bits per heavy atom. The smallest absolute Gasteiger partial charge is 0.235 e. The summed E-state index contributed by atoms with van der Waals surface area (Å²) in [6.07, 6.45) is -0.176. The molecule has 0 saturated carbocycles. The zero-order valence-electron chi connectivity index (χ0n) is 14.3. The van der Waals surface area contributed by atoms with Crippen LogP contribution in [-0.2, 0) is 0 Å². The van der Waals surface area contributed by atoms with Crippen molar-refractivity contribution in [3.63, 3.8) is 0 Å². The number of phenols is 1. The molecule has 6 nitrogen and oxygen atoms in total. The van der Waals surface area contributed by atoms with Gasteiger partial charge >= 0.3 is 0 Å². The van der Waals surface area contributed by atoms with Crippen LogP contribution in [0.2, 0.25) is 5.02 Å². The Kier molecular flexibility index (Phi) is 4.85. The highest BCUT2D eigenvalue weighted by Gasteiger charge is 2.17. The van der Waals surface area contributed by atoms with Crippen LogP contribution in [0.5, 0.6) is 11.5 Å². The fraction of sp³-hybridized carbons (Fsp3) is 0.278. The van der Waals surface area contributed by atoms with E-state index in [0.29, 0.717) is 34.7 Å². The van der Waals surface area contributed by atoms with Gasteiger partial charge in [-0.2, -0.15) is 0 Å². The summed E-state index contributed by atoms with van der Waals surface area (Å²) in [5, 5.41) is 11.1. The van der Waals surface area contributed by atoms with Crippen molar-refractivity contribution < 1.29 is 21.3 Å². The van der Waals surface area contributed by atoms with Gasteiger partial charge in [-0.05, 0) is 30.2 Å². The van der Waals surface area contributed by atoms with Crippen molar-refractivity contribution >= 4 is 22.6 Å². The van der Waals surface area contributed by atoms with Gasteiger partial charge in [0.05, 0.1) is 33.8 Å². The summed E-state index contributed by atoms with van der Waals surface area (Å²) >= 11 is 6.28. The third-order valence-electron chi connectivity index (χ3n) is 3.87. The third-order valence-corrected chi connectivity index (χ3v) is 4.19. The molecule has 2 aromatic carbocycles. The molecular formula is C18H23ClN4O2+2. The first-order chi connectivity index (χ1) is 11.9. The number of aromatic nitrogens is 2. The van der Waals surface area contributed by atoms with E-state index in [0.717, 1.165) is 16.6 Å². The van der Waals surface area contributed by atoms with E-state index in [-0.39, 0.29) is 11.9 Å². The van der Waals surface area contributed by atoms with Gasteiger partial charge in [0.25, 0.3) is 0 Å². The highest BCUT2D eigenvalue weighted by molar-refractivity contribution is 6.32. The minimum atomic E-state index is -0.176. The van der Waals surface area contributed by atoms with Gasteiger partial charge < -0.3 is 26.3 Å². The van der Waals surface area contributed by atoms with E-state index in [2.05, 4.69) is 35.3 Å². The van der Waals surface area contributed by atoms with E-state index in [1.807, 2.05) is 12.1 Å². The number of imidazole rings is 1. The molecule has 132 valence electrons. The van der Waals surface area contributed by atoms with Gasteiger partial charge in [0.2, 0.25) is 6.17 Å². The van der Waals surface area contributed by atoms with Crippen LogP contribution in [0.4, 0.5) is 0 Å². The Morgan fingerprint density at radius 2 is 2.04 bits per heavy atom. The Balaban J connectivity index is 2.03. The second kappa shape index (κ2) is 6.92. The quantitative estimate of drug-likeness (QED) is 0.521. The molecule has 0 unspecified atom stereocenters. The first-order valence-corrected chi connectivity index (χ1v) is 8.55. The fourth-order valence-corrected chi connectivity index (χ4v) is 2.89. The number of hydrogen-bond donors (Lipinski definition) is 4. The molecule has 0 atom stereocenters. The standard InChI is InChI=1S/C18H21ClN4O2/c1-9(2)8-25-15-5-3-4-10(16(15)24)18-22-13-6-11(17(20)21)12(19)7-14(13)23-18/h3-7,9,17,24H,8,20-21H2,1-2H3,(H,22,23)/p+2. The minimum absolute atomic E-state index is 0.0701. The molecule has 0 bridgehead atoms. The number of aromatic amines is 1. The number of aromatic hydroxyl groups is 1. The fourth-order valence-electron chi connectivity index (χ4n) is 2.57. The molecule has 3 aromatic rings. The average Bonchev–Trinajstić information content (AvgIpc) is 2.95. The monoisotopic (exact) mass is 362 g/mol. The lowest BCUT2D eigenvalue weighted by Gasteiger charge is -2.11. The summed E-state index contributed by atoms with van der Waals surface area (Å²) < 4.78 is 5.67. The number of nitrogens with one attached hydrogen (secondary N) is 1. The predicted molar refractivity (Wildman–Crippen MR) is 97.1 cm³/mol. The second-order valence-electron chi connectivity index (χ2n) is 6.53. The number of rotatable bonds is 5. The summed E-state index contributed by atoms with van der Waals surface area (Å²) in [5.41, 5.74) is 10.8. The Labute approximate surface area is 150 Å². The SMILES string of the molecule is CC(C)COc1cccc(-c2nc3cc(Cl)c(C([NH3+])[NH3+])cc3[nH]2)c1O. The molecule has 0 spiro atoms. The van der Waals surface area contributed by atoms with E-state index in [1.165, 1.54) is 0 Å². The first kappa shape index (κ1) is 17.5. The minimum Gasteiger partial charge on any atom is -0.504 e.